The van der Waals surface area contributed by atoms with Gasteiger partial charge in [0, 0.05) is 13.0 Å². The highest BCUT2D eigenvalue weighted by Gasteiger charge is 2.06. The zero-order valence-corrected chi connectivity index (χ0v) is 10.9. The molecule has 1 aromatic rings. The summed E-state index contributed by atoms with van der Waals surface area (Å²) in [5, 5.41) is 0. The Morgan fingerprint density at radius 1 is 1.36 bits per heavy atom. The monoisotopic (exact) mass is 306 g/mol. The number of halogens is 1. The molecule has 0 aromatic carbocycles. The Labute approximate surface area is 98.1 Å². The van der Waals surface area contributed by atoms with E-state index < -0.39 is 0 Å². The number of hydrogen-bond donors (Lipinski definition) is 1. The third kappa shape index (κ3) is 3.06. The first kappa shape index (κ1) is 11.6. The Morgan fingerprint density at radius 2 is 2.00 bits per heavy atom. The maximum atomic E-state index is 5.76. The largest absolute Gasteiger partial charge is 0.383 e. The van der Waals surface area contributed by atoms with Crippen molar-refractivity contribution in [2.24, 2.45) is 0 Å². The lowest BCUT2D eigenvalue weighted by atomic mass is 10.3. The minimum atomic E-state index is 0.590. The van der Waals surface area contributed by atoms with Crippen molar-refractivity contribution in [3.8, 4) is 0 Å². The molecule has 0 atom stereocenters. The molecule has 0 aliphatic heterocycles. The third-order valence-corrected chi connectivity index (χ3v) is 3.20. The molecule has 0 aliphatic rings. The van der Waals surface area contributed by atoms with Crippen LogP contribution in [0.15, 0.2) is 0 Å². The molecule has 4 nitrogen and oxygen atoms in total. The van der Waals surface area contributed by atoms with Crippen LogP contribution in [0.25, 0.3) is 0 Å². The molecule has 78 valence electrons. The number of aryl methyl sites for hydroxylation is 1. The van der Waals surface area contributed by atoms with E-state index in [2.05, 4.69) is 37.5 Å². The number of hydrogen-bond acceptors (Lipinski definition) is 4. The first-order valence-electron chi connectivity index (χ1n) is 4.44. The molecule has 2 N–H and O–H groups in total. The molecular formula is C9H15IN4. The maximum Gasteiger partial charge on any atom is 0.140 e. The van der Waals surface area contributed by atoms with Crippen molar-refractivity contribution >= 4 is 28.4 Å². The average molecular weight is 306 g/mol. The van der Waals surface area contributed by atoms with Gasteiger partial charge in [-0.05, 0) is 43.6 Å². The number of anilines is 1. The second-order valence-corrected chi connectivity index (χ2v) is 4.56. The van der Waals surface area contributed by atoms with E-state index in [9.17, 15) is 0 Å². The van der Waals surface area contributed by atoms with Crippen LogP contribution in [0.2, 0.25) is 0 Å². The van der Waals surface area contributed by atoms with Gasteiger partial charge in [-0.25, -0.2) is 9.97 Å². The van der Waals surface area contributed by atoms with Crippen LogP contribution in [0.1, 0.15) is 11.5 Å². The van der Waals surface area contributed by atoms with Gasteiger partial charge in [0.25, 0.3) is 0 Å². The molecule has 0 aliphatic carbocycles. The molecule has 0 bridgehead atoms. The van der Waals surface area contributed by atoms with Crippen molar-refractivity contribution in [1.29, 1.82) is 0 Å². The molecular weight excluding hydrogens is 291 g/mol. The van der Waals surface area contributed by atoms with E-state index in [0.717, 1.165) is 28.1 Å². The van der Waals surface area contributed by atoms with E-state index in [1.807, 2.05) is 21.0 Å². The van der Waals surface area contributed by atoms with Crippen LogP contribution < -0.4 is 5.73 Å². The Morgan fingerprint density at radius 3 is 2.50 bits per heavy atom. The van der Waals surface area contributed by atoms with Gasteiger partial charge < -0.3 is 10.6 Å². The van der Waals surface area contributed by atoms with Crippen LogP contribution in [0.5, 0.6) is 0 Å². The lowest BCUT2D eigenvalue weighted by molar-refractivity contribution is 0.409. The first-order chi connectivity index (χ1) is 6.50. The molecule has 5 heteroatoms. The highest BCUT2D eigenvalue weighted by atomic mass is 127. The summed E-state index contributed by atoms with van der Waals surface area (Å²) in [6.07, 6.45) is 0.842. The van der Waals surface area contributed by atoms with E-state index >= 15 is 0 Å². The van der Waals surface area contributed by atoms with Gasteiger partial charge in [-0.2, -0.15) is 0 Å². The van der Waals surface area contributed by atoms with Gasteiger partial charge in [-0.3, -0.25) is 0 Å². The van der Waals surface area contributed by atoms with Gasteiger partial charge in [0.2, 0.25) is 0 Å². The Bertz CT molecular complexity index is 302. The summed E-state index contributed by atoms with van der Waals surface area (Å²) < 4.78 is 0.955. The SMILES string of the molecule is Cc1nc(CCN(C)C)nc(N)c1I. The summed E-state index contributed by atoms with van der Waals surface area (Å²) in [4.78, 5) is 10.7. The smallest absolute Gasteiger partial charge is 0.140 e. The van der Waals surface area contributed by atoms with Crippen molar-refractivity contribution in [2.45, 2.75) is 13.3 Å². The minimum Gasteiger partial charge on any atom is -0.383 e. The number of likely N-dealkylation sites (N-methyl/N-ethyl adjacent to an activating group) is 1. The normalized spacial score (nSPS) is 10.9. The van der Waals surface area contributed by atoms with E-state index in [1.54, 1.807) is 0 Å². The van der Waals surface area contributed by atoms with E-state index in [4.69, 9.17) is 5.73 Å². The lowest BCUT2D eigenvalue weighted by Gasteiger charge is -2.09. The van der Waals surface area contributed by atoms with Crippen LogP contribution >= 0.6 is 22.6 Å². The van der Waals surface area contributed by atoms with Gasteiger partial charge in [-0.1, -0.05) is 0 Å². The van der Waals surface area contributed by atoms with Crippen LogP contribution in [-0.4, -0.2) is 35.5 Å². The number of nitrogen functional groups attached to an aromatic ring is 1. The van der Waals surface area contributed by atoms with Crippen molar-refractivity contribution in [2.75, 3.05) is 26.4 Å². The molecule has 0 fully saturated rings. The van der Waals surface area contributed by atoms with Gasteiger partial charge in [0.05, 0.1) is 9.26 Å². The van der Waals surface area contributed by atoms with Gasteiger partial charge in [0.1, 0.15) is 11.6 Å². The molecule has 0 saturated heterocycles. The van der Waals surface area contributed by atoms with E-state index in [-0.39, 0.29) is 0 Å². The van der Waals surface area contributed by atoms with Crippen molar-refractivity contribution in [3.63, 3.8) is 0 Å². The Balaban J connectivity index is 2.79. The molecule has 1 heterocycles. The van der Waals surface area contributed by atoms with Gasteiger partial charge in [0.15, 0.2) is 0 Å². The topological polar surface area (TPSA) is 55.0 Å². The molecule has 0 unspecified atom stereocenters. The molecule has 0 saturated carbocycles. The summed E-state index contributed by atoms with van der Waals surface area (Å²) in [7, 11) is 4.06. The molecule has 0 radical (unpaired) electrons. The molecule has 0 amide bonds. The average Bonchev–Trinajstić information content (AvgIpc) is 2.10. The number of nitrogens with zero attached hydrogens (tertiary/aromatic N) is 3. The van der Waals surface area contributed by atoms with Crippen molar-refractivity contribution in [3.05, 3.63) is 15.1 Å². The minimum absolute atomic E-state index is 0.590. The summed E-state index contributed by atoms with van der Waals surface area (Å²) in [5.41, 5.74) is 6.72. The van der Waals surface area contributed by atoms with E-state index in [0.29, 0.717) is 5.82 Å². The van der Waals surface area contributed by atoms with E-state index in [1.165, 1.54) is 0 Å². The lowest BCUT2D eigenvalue weighted by Crippen LogP contribution is -2.17. The van der Waals surface area contributed by atoms with Crippen LogP contribution in [0.4, 0.5) is 5.82 Å². The molecule has 0 spiro atoms. The van der Waals surface area contributed by atoms with Gasteiger partial charge in [-0.15, -0.1) is 0 Å². The second kappa shape index (κ2) is 4.88. The number of nitrogens with two attached hydrogens (primary N) is 1. The quantitative estimate of drug-likeness (QED) is 0.849. The number of aromatic nitrogens is 2. The zero-order chi connectivity index (χ0) is 10.7. The van der Waals surface area contributed by atoms with Crippen LogP contribution in [0, 0.1) is 10.5 Å². The summed E-state index contributed by atoms with van der Waals surface area (Å²) in [6, 6.07) is 0. The third-order valence-electron chi connectivity index (χ3n) is 1.87. The first-order valence-corrected chi connectivity index (χ1v) is 5.52. The molecule has 1 aromatic heterocycles. The number of rotatable bonds is 3. The second-order valence-electron chi connectivity index (χ2n) is 3.48. The van der Waals surface area contributed by atoms with Crippen molar-refractivity contribution < 1.29 is 0 Å². The van der Waals surface area contributed by atoms with Crippen LogP contribution in [0.3, 0.4) is 0 Å². The van der Waals surface area contributed by atoms with Crippen LogP contribution in [-0.2, 0) is 6.42 Å². The standard InChI is InChI=1S/C9H15IN4/c1-6-8(10)9(11)13-7(12-6)4-5-14(2)3/h4-5H2,1-3H3,(H2,11,12,13). The predicted molar refractivity (Wildman–Crippen MR) is 66.2 cm³/mol. The summed E-state index contributed by atoms with van der Waals surface area (Å²) in [5.74, 6) is 1.42. The zero-order valence-electron chi connectivity index (χ0n) is 8.71. The van der Waals surface area contributed by atoms with Gasteiger partial charge >= 0.3 is 0 Å². The fourth-order valence-electron chi connectivity index (χ4n) is 1.08. The summed E-state index contributed by atoms with van der Waals surface area (Å²) >= 11 is 2.17. The van der Waals surface area contributed by atoms with Crippen molar-refractivity contribution in [1.82, 2.24) is 14.9 Å². The highest BCUT2D eigenvalue weighted by molar-refractivity contribution is 14.1. The Hall–Kier alpha value is -0.430. The highest BCUT2D eigenvalue weighted by Crippen LogP contribution is 2.15. The molecule has 14 heavy (non-hydrogen) atoms. The maximum absolute atomic E-state index is 5.76. The fourth-order valence-corrected chi connectivity index (χ4v) is 1.32. The Kier molecular flexibility index (Phi) is 4.06. The molecule has 1 rings (SSSR count). The fraction of sp³-hybridized carbons (Fsp3) is 0.556. The predicted octanol–water partition coefficient (Wildman–Crippen LogP) is 1.08. The summed E-state index contributed by atoms with van der Waals surface area (Å²) in [6.45, 7) is 2.90.